The van der Waals surface area contributed by atoms with E-state index < -0.39 is 0 Å². The molecule has 3 N–H and O–H groups in total. The van der Waals surface area contributed by atoms with Crippen molar-refractivity contribution >= 4 is 32.3 Å². The molecule has 0 aliphatic carbocycles. The van der Waals surface area contributed by atoms with Gasteiger partial charge in [0.1, 0.15) is 10.4 Å². The molecule has 0 radical (unpaired) electrons. The summed E-state index contributed by atoms with van der Waals surface area (Å²) in [5, 5.41) is 17.8. The molecule has 0 unspecified atom stereocenters. The number of aromatic amines is 1. The molecule has 4 aromatic rings. The lowest BCUT2D eigenvalue weighted by Gasteiger charge is -2.17. The van der Waals surface area contributed by atoms with Crippen molar-refractivity contribution < 1.29 is 5.11 Å². The van der Waals surface area contributed by atoms with Crippen LogP contribution in [0.25, 0.3) is 32.1 Å². The first kappa shape index (κ1) is 17.8. The molecule has 0 aliphatic rings. The molecule has 0 amide bonds. The van der Waals surface area contributed by atoms with Crippen LogP contribution in [0.4, 0.5) is 0 Å². The molecule has 0 bridgehead atoms. The van der Waals surface area contributed by atoms with E-state index in [2.05, 4.69) is 36.3 Å². The highest BCUT2D eigenvalue weighted by Gasteiger charge is 2.16. The number of aromatic nitrogens is 1. The number of rotatable bonds is 5. The lowest BCUT2D eigenvalue weighted by molar-refractivity contribution is 0.478. The van der Waals surface area contributed by atoms with Crippen LogP contribution in [0.2, 0.25) is 0 Å². The molecule has 0 saturated carbocycles. The molecule has 0 fully saturated rings. The highest BCUT2D eigenvalue weighted by Crippen LogP contribution is 2.39. The van der Waals surface area contributed by atoms with Crippen LogP contribution >= 0.6 is 11.3 Å². The summed E-state index contributed by atoms with van der Waals surface area (Å²) in [6.45, 7) is 5.20. The molecule has 4 rings (SSSR count). The number of hydrogen-bond donors (Lipinski definition) is 3. The summed E-state index contributed by atoms with van der Waals surface area (Å²) >= 11 is 1.42. The fourth-order valence-electron chi connectivity index (χ4n) is 3.76. The number of benzene rings is 2. The van der Waals surface area contributed by atoms with Gasteiger partial charge in [0.15, 0.2) is 0 Å². The van der Waals surface area contributed by atoms with E-state index >= 15 is 0 Å². The van der Waals surface area contributed by atoms with Crippen LogP contribution in [0.3, 0.4) is 0 Å². The summed E-state index contributed by atoms with van der Waals surface area (Å²) in [6, 6.07) is 14.0. The van der Waals surface area contributed by atoms with E-state index in [1.807, 2.05) is 23.6 Å². The maximum atomic E-state index is 12.3. The average molecular weight is 378 g/mol. The van der Waals surface area contributed by atoms with E-state index in [0.717, 1.165) is 40.4 Å². The lowest BCUT2D eigenvalue weighted by atomic mass is 9.95. The monoisotopic (exact) mass is 378 g/mol. The fraction of sp³-hybridized carbons (Fsp3) is 0.227. The van der Waals surface area contributed by atoms with Crippen molar-refractivity contribution in [1.29, 1.82) is 0 Å². The van der Waals surface area contributed by atoms with Gasteiger partial charge in [-0.3, -0.25) is 4.79 Å². The molecule has 2 aromatic carbocycles. The standard InChI is InChI=1S/C22H22N2O2S/c1-3-16(23-4-2)13-5-7-14(8-6-13)19-18(25)10-9-17-20(19)15-11-12-27-21(15)22(26)24-17/h5-12,16,23,25H,3-4H2,1-2H3,(H,24,26)/t16-/m1/s1. The Bertz CT molecular complexity index is 1160. The highest BCUT2D eigenvalue weighted by molar-refractivity contribution is 7.17. The lowest BCUT2D eigenvalue weighted by Crippen LogP contribution is -2.19. The molecule has 0 saturated heterocycles. The topological polar surface area (TPSA) is 65.1 Å². The quantitative estimate of drug-likeness (QED) is 0.448. The van der Waals surface area contributed by atoms with E-state index in [1.165, 1.54) is 16.9 Å². The number of aromatic hydroxyl groups is 1. The predicted molar refractivity (Wildman–Crippen MR) is 114 cm³/mol. The van der Waals surface area contributed by atoms with Crippen LogP contribution < -0.4 is 10.9 Å². The number of phenolic OH excluding ortho intramolecular Hbond substituents is 1. The molecule has 5 heteroatoms. The van der Waals surface area contributed by atoms with Crippen LogP contribution in [0.1, 0.15) is 31.9 Å². The van der Waals surface area contributed by atoms with Gasteiger partial charge in [-0.1, -0.05) is 38.1 Å². The Morgan fingerprint density at radius 3 is 2.59 bits per heavy atom. The summed E-state index contributed by atoms with van der Waals surface area (Å²) in [6.07, 6.45) is 1.02. The van der Waals surface area contributed by atoms with Gasteiger partial charge >= 0.3 is 0 Å². The van der Waals surface area contributed by atoms with Crippen LogP contribution in [-0.2, 0) is 0 Å². The third-order valence-corrected chi connectivity index (χ3v) is 5.95. The minimum Gasteiger partial charge on any atom is -0.507 e. The number of nitrogens with one attached hydrogen (secondary N) is 2. The van der Waals surface area contributed by atoms with Gasteiger partial charge in [-0.2, -0.15) is 0 Å². The second kappa shape index (κ2) is 7.18. The van der Waals surface area contributed by atoms with Crippen LogP contribution in [0, 0.1) is 0 Å². The number of hydrogen-bond acceptors (Lipinski definition) is 4. The van der Waals surface area contributed by atoms with E-state index in [1.54, 1.807) is 12.1 Å². The van der Waals surface area contributed by atoms with Crippen molar-refractivity contribution in [3.63, 3.8) is 0 Å². The Kier molecular flexibility index (Phi) is 4.72. The molecule has 0 spiro atoms. The SMILES string of the molecule is CCN[C@H](CC)c1ccc(-c2c(O)ccc3[nH]c(=O)c4sccc4c23)cc1. The van der Waals surface area contributed by atoms with Crippen molar-refractivity contribution in [1.82, 2.24) is 10.3 Å². The highest BCUT2D eigenvalue weighted by atomic mass is 32.1. The molecule has 2 aromatic heterocycles. The Morgan fingerprint density at radius 2 is 1.89 bits per heavy atom. The van der Waals surface area contributed by atoms with Gasteiger partial charge in [-0.15, -0.1) is 11.3 Å². The molecule has 2 heterocycles. The predicted octanol–water partition coefficient (Wildman–Crippen LogP) is 5.18. The maximum Gasteiger partial charge on any atom is 0.266 e. The minimum absolute atomic E-state index is 0.0871. The van der Waals surface area contributed by atoms with Gasteiger partial charge in [0.05, 0.1) is 0 Å². The van der Waals surface area contributed by atoms with Crippen molar-refractivity contribution in [2.24, 2.45) is 0 Å². The largest absolute Gasteiger partial charge is 0.507 e. The zero-order valence-corrected chi connectivity index (χ0v) is 16.2. The van der Waals surface area contributed by atoms with Crippen LogP contribution in [0.15, 0.2) is 52.6 Å². The Balaban J connectivity index is 1.92. The van der Waals surface area contributed by atoms with Gasteiger partial charge in [-0.25, -0.2) is 0 Å². The zero-order chi connectivity index (χ0) is 19.0. The van der Waals surface area contributed by atoms with E-state index in [-0.39, 0.29) is 11.3 Å². The Labute approximate surface area is 161 Å². The van der Waals surface area contributed by atoms with Crippen LogP contribution in [0.5, 0.6) is 5.75 Å². The fourth-order valence-corrected chi connectivity index (χ4v) is 4.55. The summed E-state index contributed by atoms with van der Waals surface area (Å²) in [5.74, 6) is 0.216. The summed E-state index contributed by atoms with van der Waals surface area (Å²) in [7, 11) is 0. The number of phenols is 1. The maximum absolute atomic E-state index is 12.3. The molecule has 27 heavy (non-hydrogen) atoms. The van der Waals surface area contributed by atoms with Gasteiger partial charge in [-0.05, 0) is 47.7 Å². The van der Waals surface area contributed by atoms with Crippen molar-refractivity contribution in [2.75, 3.05) is 6.54 Å². The van der Waals surface area contributed by atoms with Crippen LogP contribution in [-0.4, -0.2) is 16.6 Å². The first-order chi connectivity index (χ1) is 13.1. The average Bonchev–Trinajstić information content (AvgIpc) is 3.18. The van der Waals surface area contributed by atoms with Gasteiger partial charge in [0.2, 0.25) is 0 Å². The van der Waals surface area contributed by atoms with E-state index in [0.29, 0.717) is 10.7 Å². The van der Waals surface area contributed by atoms with Gasteiger partial charge in [0.25, 0.3) is 5.56 Å². The van der Waals surface area contributed by atoms with Crippen molar-refractivity contribution in [2.45, 2.75) is 26.3 Å². The first-order valence-electron chi connectivity index (χ1n) is 9.22. The molecule has 4 nitrogen and oxygen atoms in total. The van der Waals surface area contributed by atoms with Crippen molar-refractivity contribution in [3.05, 3.63) is 63.8 Å². The third kappa shape index (κ3) is 3.03. The van der Waals surface area contributed by atoms with E-state index in [9.17, 15) is 9.90 Å². The molecular weight excluding hydrogens is 356 g/mol. The number of thiophene rings is 1. The smallest absolute Gasteiger partial charge is 0.266 e. The molecule has 138 valence electrons. The zero-order valence-electron chi connectivity index (χ0n) is 15.4. The number of pyridine rings is 1. The summed E-state index contributed by atoms with van der Waals surface area (Å²) < 4.78 is 0.684. The Hall–Kier alpha value is -2.63. The summed E-state index contributed by atoms with van der Waals surface area (Å²) in [5.41, 5.74) is 3.58. The minimum atomic E-state index is -0.0871. The number of fused-ring (bicyclic) bond motifs is 3. The Morgan fingerprint density at radius 1 is 1.11 bits per heavy atom. The second-order valence-electron chi connectivity index (χ2n) is 6.64. The van der Waals surface area contributed by atoms with Gasteiger partial charge in [0, 0.05) is 27.9 Å². The normalized spacial score (nSPS) is 12.7. The molecule has 0 aliphatic heterocycles. The number of H-pyrrole nitrogens is 1. The van der Waals surface area contributed by atoms with Crippen molar-refractivity contribution in [3.8, 4) is 16.9 Å². The molecule has 1 atom stereocenters. The summed E-state index contributed by atoms with van der Waals surface area (Å²) in [4.78, 5) is 15.2. The third-order valence-electron chi connectivity index (χ3n) is 5.03. The van der Waals surface area contributed by atoms with E-state index in [4.69, 9.17) is 0 Å². The second-order valence-corrected chi connectivity index (χ2v) is 7.56. The first-order valence-corrected chi connectivity index (χ1v) is 10.1. The molecular formula is C22H22N2O2S. The van der Waals surface area contributed by atoms with Gasteiger partial charge < -0.3 is 15.4 Å².